The Morgan fingerprint density at radius 2 is 1.69 bits per heavy atom. The van der Waals surface area contributed by atoms with Gasteiger partial charge in [0.05, 0.1) is 5.39 Å². The fourth-order valence-corrected chi connectivity index (χ4v) is 4.07. The molecule has 0 fully saturated rings. The van der Waals surface area contributed by atoms with E-state index < -0.39 is 0 Å². The Labute approximate surface area is 153 Å². The van der Waals surface area contributed by atoms with E-state index in [1.54, 1.807) is 35.6 Å². The second-order valence-electron chi connectivity index (χ2n) is 5.98. The minimum Gasteiger partial charge on any atom is -0.339 e. The summed E-state index contributed by atoms with van der Waals surface area (Å²) in [6.45, 7) is 3.83. The van der Waals surface area contributed by atoms with E-state index in [0.717, 1.165) is 26.2 Å². The Morgan fingerprint density at radius 1 is 0.923 bits per heavy atom. The number of rotatable bonds is 3. The van der Waals surface area contributed by atoms with Crippen LogP contribution in [0.15, 0.2) is 48.5 Å². The zero-order chi connectivity index (χ0) is 18.3. The molecule has 2 aromatic carbocycles. The summed E-state index contributed by atoms with van der Waals surface area (Å²) in [5, 5.41) is 4.06. The van der Waals surface area contributed by atoms with Crippen molar-refractivity contribution in [3.63, 3.8) is 0 Å². The lowest BCUT2D eigenvalue weighted by Gasteiger charge is -2.10. The second kappa shape index (κ2) is 6.46. The molecule has 0 spiro atoms. The van der Waals surface area contributed by atoms with Gasteiger partial charge < -0.3 is 5.32 Å². The number of thiophene rings is 1. The smallest absolute Gasteiger partial charge is 0.143 e. The predicted molar refractivity (Wildman–Crippen MR) is 102 cm³/mol. The van der Waals surface area contributed by atoms with Crippen LogP contribution in [0.5, 0.6) is 0 Å². The van der Waals surface area contributed by atoms with Crippen LogP contribution in [0.25, 0.3) is 21.3 Å². The first-order chi connectivity index (χ1) is 12.5. The highest BCUT2D eigenvalue weighted by molar-refractivity contribution is 7.19. The quantitative estimate of drug-likeness (QED) is 0.483. The van der Waals surface area contributed by atoms with Crippen molar-refractivity contribution in [1.82, 2.24) is 9.97 Å². The van der Waals surface area contributed by atoms with E-state index in [1.807, 2.05) is 13.8 Å². The zero-order valence-electron chi connectivity index (χ0n) is 14.2. The number of hydrogen-bond acceptors (Lipinski definition) is 4. The fraction of sp³-hybridized carbons (Fsp3) is 0.100. The van der Waals surface area contributed by atoms with Gasteiger partial charge in [0.25, 0.3) is 0 Å². The Balaban J connectivity index is 1.93. The van der Waals surface area contributed by atoms with Crippen molar-refractivity contribution in [3.8, 4) is 11.1 Å². The van der Waals surface area contributed by atoms with Crippen molar-refractivity contribution in [2.75, 3.05) is 5.32 Å². The van der Waals surface area contributed by atoms with Gasteiger partial charge in [-0.1, -0.05) is 18.2 Å². The third kappa shape index (κ3) is 3.04. The number of anilines is 2. The molecule has 3 nitrogen and oxygen atoms in total. The second-order valence-corrected chi connectivity index (χ2v) is 7.18. The van der Waals surface area contributed by atoms with Crippen LogP contribution in [0.2, 0.25) is 0 Å². The SMILES string of the molecule is Cc1nc(Nc2cccc(F)c2)c2c(-c3ccc(F)cc3)c(C)sc2n1. The van der Waals surface area contributed by atoms with Gasteiger partial charge in [0.1, 0.15) is 28.1 Å². The number of nitrogens with one attached hydrogen (secondary N) is 1. The van der Waals surface area contributed by atoms with Crippen LogP contribution in [0.3, 0.4) is 0 Å². The summed E-state index contributed by atoms with van der Waals surface area (Å²) in [7, 11) is 0. The van der Waals surface area contributed by atoms with Crippen molar-refractivity contribution < 1.29 is 8.78 Å². The van der Waals surface area contributed by atoms with Gasteiger partial charge in [-0.25, -0.2) is 18.7 Å². The van der Waals surface area contributed by atoms with Gasteiger partial charge in [0, 0.05) is 16.1 Å². The first-order valence-electron chi connectivity index (χ1n) is 8.07. The molecule has 0 amide bonds. The van der Waals surface area contributed by atoms with Crippen LogP contribution in [-0.2, 0) is 0 Å². The first-order valence-corrected chi connectivity index (χ1v) is 8.89. The predicted octanol–water partition coefficient (Wildman–Crippen LogP) is 6.00. The van der Waals surface area contributed by atoms with Gasteiger partial charge in [0.15, 0.2) is 0 Å². The summed E-state index contributed by atoms with van der Waals surface area (Å²) in [4.78, 5) is 11.0. The lowest BCUT2D eigenvalue weighted by molar-refractivity contribution is 0.628. The molecule has 0 aliphatic heterocycles. The summed E-state index contributed by atoms with van der Waals surface area (Å²) < 4.78 is 26.9. The number of fused-ring (bicyclic) bond motifs is 1. The van der Waals surface area contributed by atoms with Crippen LogP contribution in [0.1, 0.15) is 10.7 Å². The molecule has 0 saturated carbocycles. The summed E-state index contributed by atoms with van der Waals surface area (Å²) >= 11 is 1.56. The number of aryl methyl sites for hydroxylation is 2. The molecule has 0 unspecified atom stereocenters. The van der Waals surface area contributed by atoms with Crippen molar-refractivity contribution in [3.05, 3.63) is 70.9 Å². The molecule has 4 aromatic rings. The van der Waals surface area contributed by atoms with Gasteiger partial charge >= 0.3 is 0 Å². The summed E-state index contributed by atoms with van der Waals surface area (Å²) in [5.74, 6) is 0.638. The van der Waals surface area contributed by atoms with Crippen molar-refractivity contribution >= 4 is 33.1 Å². The van der Waals surface area contributed by atoms with Gasteiger partial charge in [0.2, 0.25) is 0 Å². The molecule has 0 saturated heterocycles. The molecule has 4 rings (SSSR count). The highest BCUT2D eigenvalue weighted by Crippen LogP contribution is 2.41. The van der Waals surface area contributed by atoms with Crippen LogP contribution in [0, 0.1) is 25.5 Å². The third-order valence-corrected chi connectivity index (χ3v) is 5.06. The van der Waals surface area contributed by atoms with Gasteiger partial charge in [-0.3, -0.25) is 0 Å². The minimum atomic E-state index is -0.322. The standard InChI is InChI=1S/C20H15F2N3S/c1-11-17(13-6-8-14(21)9-7-13)18-19(23-12(2)24-20(18)26-11)25-16-5-3-4-15(22)10-16/h3-10H,1-2H3,(H,23,24,25). The Hall–Kier alpha value is -2.86. The van der Waals surface area contributed by atoms with E-state index in [-0.39, 0.29) is 11.6 Å². The maximum absolute atomic E-state index is 13.5. The lowest BCUT2D eigenvalue weighted by Crippen LogP contribution is -1.98. The average molecular weight is 367 g/mol. The zero-order valence-corrected chi connectivity index (χ0v) is 15.0. The molecule has 1 N–H and O–H groups in total. The molecule has 0 radical (unpaired) electrons. The number of hydrogen-bond donors (Lipinski definition) is 1. The maximum atomic E-state index is 13.5. The van der Waals surface area contributed by atoms with E-state index in [0.29, 0.717) is 17.3 Å². The first kappa shape index (κ1) is 16.6. The van der Waals surface area contributed by atoms with Crippen LogP contribution in [-0.4, -0.2) is 9.97 Å². The number of benzene rings is 2. The fourth-order valence-electron chi connectivity index (χ4n) is 2.98. The van der Waals surface area contributed by atoms with Crippen LogP contribution in [0.4, 0.5) is 20.3 Å². The number of nitrogens with zero attached hydrogens (tertiary/aromatic N) is 2. The van der Waals surface area contributed by atoms with E-state index in [1.165, 1.54) is 24.3 Å². The van der Waals surface area contributed by atoms with Crippen molar-refractivity contribution in [2.24, 2.45) is 0 Å². The van der Waals surface area contributed by atoms with E-state index >= 15 is 0 Å². The van der Waals surface area contributed by atoms with Crippen LogP contribution >= 0.6 is 11.3 Å². The van der Waals surface area contributed by atoms with Gasteiger partial charge in [-0.2, -0.15) is 0 Å². The molecule has 6 heteroatoms. The molecule has 0 aliphatic rings. The van der Waals surface area contributed by atoms with Crippen molar-refractivity contribution in [1.29, 1.82) is 0 Å². The Bertz CT molecular complexity index is 1100. The Kier molecular flexibility index (Phi) is 4.12. The molecular formula is C20H15F2N3S. The third-order valence-electron chi connectivity index (χ3n) is 4.06. The molecule has 130 valence electrons. The van der Waals surface area contributed by atoms with Gasteiger partial charge in [-0.05, 0) is 49.7 Å². The highest BCUT2D eigenvalue weighted by atomic mass is 32.1. The average Bonchev–Trinajstić information content (AvgIpc) is 2.91. The molecule has 0 aliphatic carbocycles. The van der Waals surface area contributed by atoms with Crippen molar-refractivity contribution in [2.45, 2.75) is 13.8 Å². The molecule has 2 heterocycles. The largest absolute Gasteiger partial charge is 0.339 e. The summed E-state index contributed by atoms with van der Waals surface area (Å²) in [5.41, 5.74) is 2.46. The molecular weight excluding hydrogens is 352 g/mol. The molecule has 26 heavy (non-hydrogen) atoms. The number of halogens is 2. The molecule has 0 atom stereocenters. The lowest BCUT2D eigenvalue weighted by atomic mass is 10.0. The number of aromatic nitrogens is 2. The van der Waals surface area contributed by atoms with Gasteiger partial charge in [-0.15, -0.1) is 11.3 Å². The monoisotopic (exact) mass is 367 g/mol. The summed E-state index contributed by atoms with van der Waals surface area (Å²) in [6, 6.07) is 12.6. The topological polar surface area (TPSA) is 37.8 Å². The van der Waals surface area contributed by atoms with E-state index in [2.05, 4.69) is 15.3 Å². The maximum Gasteiger partial charge on any atom is 0.143 e. The van der Waals surface area contributed by atoms with Crippen LogP contribution < -0.4 is 5.32 Å². The highest BCUT2D eigenvalue weighted by Gasteiger charge is 2.18. The Morgan fingerprint density at radius 3 is 2.42 bits per heavy atom. The molecule has 2 aromatic heterocycles. The normalized spacial score (nSPS) is 11.1. The minimum absolute atomic E-state index is 0.281. The molecule has 0 bridgehead atoms. The summed E-state index contributed by atoms with van der Waals surface area (Å²) in [6.07, 6.45) is 0. The van der Waals surface area contributed by atoms with E-state index in [4.69, 9.17) is 0 Å². The van der Waals surface area contributed by atoms with E-state index in [9.17, 15) is 8.78 Å².